The van der Waals surface area contributed by atoms with Gasteiger partial charge in [0.1, 0.15) is 17.6 Å². The minimum Gasteiger partial charge on any atom is -0.381 e. The van der Waals surface area contributed by atoms with E-state index in [0.717, 1.165) is 12.1 Å². The standard InChI is InChI=1S/C14H16F3N3O/c1-13(2)10(6-11(13)21-3)20-12-8(7-18)4-5-9(19-12)14(15,16)17/h4-5,10-11H,6H2,1-3H3,(H,19,20). The molecule has 114 valence electrons. The van der Waals surface area contributed by atoms with Crippen molar-refractivity contribution in [3.63, 3.8) is 0 Å². The van der Waals surface area contributed by atoms with Crippen molar-refractivity contribution in [3.05, 3.63) is 23.4 Å². The van der Waals surface area contributed by atoms with E-state index in [1.54, 1.807) is 7.11 Å². The number of nitriles is 1. The summed E-state index contributed by atoms with van der Waals surface area (Å²) in [7, 11) is 1.60. The maximum atomic E-state index is 12.7. The summed E-state index contributed by atoms with van der Waals surface area (Å²) in [5, 5.41) is 12.0. The second kappa shape index (κ2) is 5.19. The number of alkyl halides is 3. The molecule has 2 unspecified atom stereocenters. The van der Waals surface area contributed by atoms with Crippen molar-refractivity contribution in [1.29, 1.82) is 5.26 Å². The molecule has 1 N–H and O–H groups in total. The summed E-state index contributed by atoms with van der Waals surface area (Å²) in [6, 6.07) is 3.71. The maximum Gasteiger partial charge on any atom is 0.433 e. The predicted octanol–water partition coefficient (Wildman–Crippen LogP) is 3.20. The first-order valence-electron chi connectivity index (χ1n) is 6.47. The SMILES string of the molecule is COC1CC(Nc2nc(C(F)(F)F)ccc2C#N)C1(C)C. The number of methoxy groups -OCH3 is 1. The lowest BCUT2D eigenvalue weighted by Gasteiger charge is -2.51. The highest BCUT2D eigenvalue weighted by Crippen LogP contribution is 2.44. The first-order valence-corrected chi connectivity index (χ1v) is 6.47. The van der Waals surface area contributed by atoms with E-state index in [0.29, 0.717) is 6.42 Å². The zero-order valence-electron chi connectivity index (χ0n) is 12.0. The van der Waals surface area contributed by atoms with Crippen LogP contribution in [0.4, 0.5) is 19.0 Å². The molecule has 7 heteroatoms. The zero-order chi connectivity index (χ0) is 15.8. The van der Waals surface area contributed by atoms with Crippen LogP contribution in [0.25, 0.3) is 0 Å². The van der Waals surface area contributed by atoms with E-state index in [2.05, 4.69) is 10.3 Å². The number of halogens is 3. The molecule has 2 atom stereocenters. The van der Waals surface area contributed by atoms with Gasteiger partial charge in [0, 0.05) is 18.6 Å². The van der Waals surface area contributed by atoms with E-state index >= 15 is 0 Å². The molecular formula is C14H16F3N3O. The summed E-state index contributed by atoms with van der Waals surface area (Å²) in [6.45, 7) is 3.92. The Morgan fingerprint density at radius 1 is 1.43 bits per heavy atom. The van der Waals surface area contributed by atoms with Gasteiger partial charge in [-0.25, -0.2) is 4.98 Å². The van der Waals surface area contributed by atoms with Crippen molar-refractivity contribution >= 4 is 5.82 Å². The summed E-state index contributed by atoms with van der Waals surface area (Å²) in [6.07, 6.45) is -3.84. The molecule has 0 bridgehead atoms. The first kappa shape index (κ1) is 15.6. The minimum atomic E-state index is -4.53. The third-order valence-corrected chi connectivity index (χ3v) is 4.08. The van der Waals surface area contributed by atoms with Gasteiger partial charge in [0.25, 0.3) is 0 Å². The number of nitrogens with zero attached hydrogens (tertiary/aromatic N) is 2. The largest absolute Gasteiger partial charge is 0.433 e. The molecule has 0 amide bonds. The van der Waals surface area contributed by atoms with Gasteiger partial charge in [0.05, 0.1) is 11.7 Å². The number of anilines is 1. The fraction of sp³-hybridized carbons (Fsp3) is 0.571. The van der Waals surface area contributed by atoms with E-state index in [1.165, 1.54) is 0 Å². The van der Waals surface area contributed by atoms with Crippen LogP contribution in [0.5, 0.6) is 0 Å². The summed E-state index contributed by atoms with van der Waals surface area (Å²) in [4.78, 5) is 3.55. The number of nitrogens with one attached hydrogen (secondary N) is 1. The van der Waals surface area contributed by atoms with Gasteiger partial charge in [0.15, 0.2) is 0 Å². The molecule has 0 spiro atoms. The van der Waals surface area contributed by atoms with Gasteiger partial charge < -0.3 is 10.1 Å². The third-order valence-electron chi connectivity index (χ3n) is 4.08. The van der Waals surface area contributed by atoms with Gasteiger partial charge in [-0.15, -0.1) is 0 Å². The molecule has 1 fully saturated rings. The highest BCUT2D eigenvalue weighted by atomic mass is 19.4. The second-order valence-corrected chi connectivity index (χ2v) is 5.68. The highest BCUT2D eigenvalue weighted by molar-refractivity contribution is 5.53. The topological polar surface area (TPSA) is 57.9 Å². The van der Waals surface area contributed by atoms with E-state index in [1.807, 2.05) is 19.9 Å². The van der Waals surface area contributed by atoms with Crippen LogP contribution in [0.1, 0.15) is 31.5 Å². The van der Waals surface area contributed by atoms with Gasteiger partial charge in [-0.1, -0.05) is 13.8 Å². The van der Waals surface area contributed by atoms with Crippen LogP contribution < -0.4 is 5.32 Å². The van der Waals surface area contributed by atoms with E-state index < -0.39 is 11.9 Å². The lowest BCUT2D eigenvalue weighted by molar-refractivity contribution is -0.141. The van der Waals surface area contributed by atoms with E-state index in [9.17, 15) is 13.2 Å². The van der Waals surface area contributed by atoms with Crippen LogP contribution in [-0.4, -0.2) is 24.2 Å². The van der Waals surface area contributed by atoms with Crippen LogP contribution in [0.2, 0.25) is 0 Å². The van der Waals surface area contributed by atoms with Gasteiger partial charge in [0.2, 0.25) is 0 Å². The summed E-state index contributed by atoms with van der Waals surface area (Å²) in [5.74, 6) is -0.0278. The Hall–Kier alpha value is -1.81. The van der Waals surface area contributed by atoms with Gasteiger partial charge in [-0.05, 0) is 18.6 Å². The van der Waals surface area contributed by atoms with Crippen molar-refractivity contribution < 1.29 is 17.9 Å². The second-order valence-electron chi connectivity index (χ2n) is 5.68. The normalized spacial score (nSPS) is 24.0. The third kappa shape index (κ3) is 2.81. The Kier molecular flexibility index (Phi) is 3.85. The number of hydrogen-bond donors (Lipinski definition) is 1. The molecule has 1 aliphatic rings. The van der Waals surface area contributed by atoms with Crippen LogP contribution in [0.15, 0.2) is 12.1 Å². The fourth-order valence-corrected chi connectivity index (χ4v) is 2.51. The Labute approximate surface area is 120 Å². The van der Waals surface area contributed by atoms with Crippen molar-refractivity contribution in [2.45, 2.75) is 38.6 Å². The van der Waals surface area contributed by atoms with Crippen LogP contribution in [0, 0.1) is 16.7 Å². The minimum absolute atomic E-state index is 0.0278. The molecular weight excluding hydrogens is 283 g/mol. The molecule has 21 heavy (non-hydrogen) atoms. The lowest BCUT2D eigenvalue weighted by Crippen LogP contribution is -2.57. The molecule has 1 aliphatic carbocycles. The average Bonchev–Trinajstić information content (AvgIpc) is 2.41. The van der Waals surface area contributed by atoms with Crippen molar-refractivity contribution in [3.8, 4) is 6.07 Å². The first-order chi connectivity index (χ1) is 9.70. The van der Waals surface area contributed by atoms with Crippen molar-refractivity contribution in [1.82, 2.24) is 4.98 Å². The summed E-state index contributed by atoms with van der Waals surface area (Å²) in [5.41, 5.74) is -1.15. The highest BCUT2D eigenvalue weighted by Gasteiger charge is 2.49. The quantitative estimate of drug-likeness (QED) is 0.931. The van der Waals surface area contributed by atoms with Gasteiger partial charge >= 0.3 is 6.18 Å². The van der Waals surface area contributed by atoms with Crippen molar-refractivity contribution in [2.75, 3.05) is 12.4 Å². The monoisotopic (exact) mass is 299 g/mol. The zero-order valence-corrected chi connectivity index (χ0v) is 12.0. The predicted molar refractivity (Wildman–Crippen MR) is 70.6 cm³/mol. The number of pyridine rings is 1. The molecule has 2 rings (SSSR count). The smallest absolute Gasteiger partial charge is 0.381 e. The van der Waals surface area contributed by atoms with Gasteiger partial charge in [-0.2, -0.15) is 18.4 Å². The molecule has 1 heterocycles. The molecule has 0 aromatic carbocycles. The fourth-order valence-electron chi connectivity index (χ4n) is 2.51. The molecule has 1 saturated carbocycles. The molecule has 1 aromatic rings. The number of aromatic nitrogens is 1. The van der Waals surface area contributed by atoms with E-state index in [4.69, 9.17) is 10.00 Å². The Morgan fingerprint density at radius 2 is 2.10 bits per heavy atom. The summed E-state index contributed by atoms with van der Waals surface area (Å²) < 4.78 is 43.4. The van der Waals surface area contributed by atoms with E-state index in [-0.39, 0.29) is 28.9 Å². The van der Waals surface area contributed by atoms with Crippen LogP contribution >= 0.6 is 0 Å². The maximum absolute atomic E-state index is 12.7. The van der Waals surface area contributed by atoms with Crippen LogP contribution in [-0.2, 0) is 10.9 Å². The number of rotatable bonds is 3. The Bertz CT molecular complexity index is 578. The molecule has 1 aromatic heterocycles. The Balaban J connectivity index is 2.26. The van der Waals surface area contributed by atoms with Gasteiger partial charge in [-0.3, -0.25) is 0 Å². The Morgan fingerprint density at radius 3 is 2.57 bits per heavy atom. The lowest BCUT2D eigenvalue weighted by atomic mass is 9.64. The molecule has 4 nitrogen and oxygen atoms in total. The molecule has 0 saturated heterocycles. The number of hydrogen-bond acceptors (Lipinski definition) is 4. The molecule has 0 aliphatic heterocycles. The van der Waals surface area contributed by atoms with Crippen LogP contribution in [0.3, 0.4) is 0 Å². The number of ether oxygens (including phenoxy) is 1. The van der Waals surface area contributed by atoms with Crippen molar-refractivity contribution in [2.24, 2.45) is 5.41 Å². The average molecular weight is 299 g/mol. The summed E-state index contributed by atoms with van der Waals surface area (Å²) >= 11 is 0. The molecule has 0 radical (unpaired) electrons.